The van der Waals surface area contributed by atoms with Gasteiger partial charge in [0, 0.05) is 4.47 Å². The van der Waals surface area contributed by atoms with Crippen LogP contribution in [0.25, 0.3) is 0 Å². The van der Waals surface area contributed by atoms with Gasteiger partial charge in [-0.25, -0.2) is 13.6 Å². The average Bonchev–Trinajstić information content (AvgIpc) is 2.07. The molecule has 0 spiro atoms. The minimum atomic E-state index is -3.76. The minimum absolute atomic E-state index is 0.0104. The largest absolute Gasteiger partial charge is 0.492 e. The molecule has 0 aliphatic carbocycles. The van der Waals surface area contributed by atoms with Gasteiger partial charge >= 0.3 is 0 Å². The summed E-state index contributed by atoms with van der Waals surface area (Å²) in [5, 5.41) is 5.10. The molecule has 84 valence electrons. The highest BCUT2D eigenvalue weighted by molar-refractivity contribution is 9.10. The zero-order chi connectivity index (χ0) is 11.6. The maximum atomic E-state index is 11.3. The number of halogens is 1. The van der Waals surface area contributed by atoms with Gasteiger partial charge in [0.2, 0.25) is 10.0 Å². The molecule has 0 radical (unpaired) electrons. The molecule has 0 aromatic heterocycles. The molecule has 1 aromatic carbocycles. The lowest BCUT2D eigenvalue weighted by atomic mass is 10.2. The summed E-state index contributed by atoms with van der Waals surface area (Å²) in [6.07, 6.45) is 0. The first-order valence-electron chi connectivity index (χ1n) is 4.32. The van der Waals surface area contributed by atoms with Crippen molar-refractivity contribution in [3.05, 3.63) is 22.2 Å². The summed E-state index contributed by atoms with van der Waals surface area (Å²) in [6.45, 7) is 3.95. The molecule has 0 fully saturated rings. The number of sulfonamides is 1. The van der Waals surface area contributed by atoms with Crippen LogP contribution in [-0.2, 0) is 10.0 Å². The molecule has 0 unspecified atom stereocenters. The second-order valence-corrected chi connectivity index (χ2v) is 5.47. The van der Waals surface area contributed by atoms with E-state index in [4.69, 9.17) is 9.88 Å². The third-order valence-electron chi connectivity index (χ3n) is 1.80. The lowest BCUT2D eigenvalue weighted by Gasteiger charge is -2.12. The van der Waals surface area contributed by atoms with Gasteiger partial charge in [0.1, 0.15) is 10.6 Å². The van der Waals surface area contributed by atoms with E-state index in [2.05, 4.69) is 15.9 Å². The molecule has 0 bridgehead atoms. The van der Waals surface area contributed by atoms with Crippen molar-refractivity contribution in [1.82, 2.24) is 0 Å². The van der Waals surface area contributed by atoms with Crippen LogP contribution in [0, 0.1) is 6.92 Å². The summed E-state index contributed by atoms with van der Waals surface area (Å²) < 4.78 is 28.5. The second kappa shape index (κ2) is 4.51. The fourth-order valence-corrected chi connectivity index (χ4v) is 2.73. The number of aryl methyl sites for hydroxylation is 1. The molecular formula is C9H12BrNO3S. The highest BCUT2D eigenvalue weighted by atomic mass is 79.9. The number of benzene rings is 1. The summed E-state index contributed by atoms with van der Waals surface area (Å²) in [5.41, 5.74) is 0.732. The quantitative estimate of drug-likeness (QED) is 0.924. The maximum Gasteiger partial charge on any atom is 0.241 e. The third kappa shape index (κ3) is 2.93. The van der Waals surface area contributed by atoms with E-state index in [-0.39, 0.29) is 4.90 Å². The topological polar surface area (TPSA) is 69.4 Å². The Labute approximate surface area is 97.6 Å². The van der Waals surface area contributed by atoms with Crippen molar-refractivity contribution in [3.63, 3.8) is 0 Å². The molecule has 2 N–H and O–H groups in total. The predicted octanol–water partition coefficient (Wildman–Crippen LogP) is 1.80. The standard InChI is InChI=1S/C9H12BrNO3S/c1-3-14-9-6(2)4-7(10)5-8(9)15(11,12)13/h4-5H,3H2,1-2H3,(H2,11,12,13). The van der Waals surface area contributed by atoms with E-state index in [1.54, 1.807) is 19.9 Å². The van der Waals surface area contributed by atoms with Crippen molar-refractivity contribution >= 4 is 26.0 Å². The third-order valence-corrected chi connectivity index (χ3v) is 3.17. The van der Waals surface area contributed by atoms with E-state index >= 15 is 0 Å². The van der Waals surface area contributed by atoms with E-state index in [9.17, 15) is 8.42 Å². The monoisotopic (exact) mass is 293 g/mol. The molecule has 0 aliphatic rings. The van der Waals surface area contributed by atoms with Crippen molar-refractivity contribution in [2.45, 2.75) is 18.7 Å². The highest BCUT2D eigenvalue weighted by Gasteiger charge is 2.17. The van der Waals surface area contributed by atoms with Crippen molar-refractivity contribution in [1.29, 1.82) is 0 Å². The van der Waals surface area contributed by atoms with Gasteiger partial charge in [-0.15, -0.1) is 0 Å². The average molecular weight is 294 g/mol. The predicted molar refractivity (Wildman–Crippen MR) is 61.4 cm³/mol. The molecule has 4 nitrogen and oxygen atoms in total. The Morgan fingerprint density at radius 1 is 1.47 bits per heavy atom. The van der Waals surface area contributed by atoms with Crippen LogP contribution in [0.4, 0.5) is 0 Å². The SMILES string of the molecule is CCOc1c(C)cc(Br)cc1S(N)(=O)=O. The molecule has 1 rings (SSSR count). The van der Waals surface area contributed by atoms with E-state index < -0.39 is 10.0 Å². The van der Waals surface area contributed by atoms with Crippen LogP contribution in [0.15, 0.2) is 21.5 Å². The molecule has 6 heteroatoms. The summed E-state index contributed by atoms with van der Waals surface area (Å²) in [6, 6.07) is 3.22. The van der Waals surface area contributed by atoms with Crippen molar-refractivity contribution in [2.24, 2.45) is 5.14 Å². The number of rotatable bonds is 3. The van der Waals surface area contributed by atoms with Gasteiger partial charge in [0.05, 0.1) is 6.61 Å². The number of hydrogen-bond acceptors (Lipinski definition) is 3. The normalized spacial score (nSPS) is 11.5. The fourth-order valence-electron chi connectivity index (χ4n) is 1.24. The van der Waals surface area contributed by atoms with E-state index in [1.807, 2.05) is 0 Å². The van der Waals surface area contributed by atoms with E-state index in [0.29, 0.717) is 16.8 Å². The van der Waals surface area contributed by atoms with Gasteiger partial charge in [-0.3, -0.25) is 0 Å². The molecule has 0 saturated heterocycles. The molecule has 0 saturated carbocycles. The fraction of sp³-hybridized carbons (Fsp3) is 0.333. The van der Waals surface area contributed by atoms with Gasteiger partial charge in [0.15, 0.2) is 0 Å². The van der Waals surface area contributed by atoms with Gasteiger partial charge in [-0.1, -0.05) is 15.9 Å². The highest BCUT2D eigenvalue weighted by Crippen LogP contribution is 2.30. The first kappa shape index (κ1) is 12.5. The molecule has 0 atom stereocenters. The Balaban J connectivity index is 3.47. The summed E-state index contributed by atoms with van der Waals surface area (Å²) >= 11 is 3.22. The smallest absolute Gasteiger partial charge is 0.241 e. The van der Waals surface area contributed by atoms with Crippen LogP contribution in [0.1, 0.15) is 12.5 Å². The lowest BCUT2D eigenvalue weighted by Crippen LogP contribution is -2.14. The molecule has 1 aromatic rings. The zero-order valence-corrected chi connectivity index (χ0v) is 10.9. The van der Waals surface area contributed by atoms with Gasteiger partial charge in [-0.05, 0) is 31.5 Å². The van der Waals surface area contributed by atoms with Crippen LogP contribution < -0.4 is 9.88 Å². The van der Waals surface area contributed by atoms with Crippen LogP contribution in [0.2, 0.25) is 0 Å². The molecule has 15 heavy (non-hydrogen) atoms. The van der Waals surface area contributed by atoms with Gasteiger partial charge < -0.3 is 4.74 Å². The zero-order valence-electron chi connectivity index (χ0n) is 8.45. The maximum absolute atomic E-state index is 11.3. The Bertz CT molecular complexity index is 470. The minimum Gasteiger partial charge on any atom is -0.492 e. The number of hydrogen-bond donors (Lipinski definition) is 1. The van der Waals surface area contributed by atoms with Crippen molar-refractivity contribution < 1.29 is 13.2 Å². The Morgan fingerprint density at radius 2 is 2.07 bits per heavy atom. The Kier molecular flexibility index (Phi) is 3.75. The number of primary sulfonamides is 1. The molecule has 0 aliphatic heterocycles. The van der Waals surface area contributed by atoms with Gasteiger partial charge in [-0.2, -0.15) is 0 Å². The summed E-state index contributed by atoms with van der Waals surface area (Å²) in [4.78, 5) is 0.0104. The number of nitrogens with two attached hydrogens (primary N) is 1. The van der Waals surface area contributed by atoms with Crippen LogP contribution >= 0.6 is 15.9 Å². The number of ether oxygens (including phenoxy) is 1. The van der Waals surface area contributed by atoms with Crippen LogP contribution in [0.3, 0.4) is 0 Å². The van der Waals surface area contributed by atoms with E-state index in [1.165, 1.54) is 6.07 Å². The van der Waals surface area contributed by atoms with Crippen molar-refractivity contribution in [3.8, 4) is 5.75 Å². The summed E-state index contributed by atoms with van der Waals surface area (Å²) in [5.74, 6) is 0.322. The van der Waals surface area contributed by atoms with E-state index in [0.717, 1.165) is 5.56 Å². The van der Waals surface area contributed by atoms with Crippen LogP contribution in [-0.4, -0.2) is 15.0 Å². The molecule has 0 amide bonds. The molecular weight excluding hydrogens is 282 g/mol. The summed E-state index contributed by atoms with van der Waals surface area (Å²) in [7, 11) is -3.76. The lowest BCUT2D eigenvalue weighted by molar-refractivity contribution is 0.328. The Morgan fingerprint density at radius 3 is 2.53 bits per heavy atom. The van der Waals surface area contributed by atoms with Crippen molar-refractivity contribution in [2.75, 3.05) is 6.61 Å². The first-order valence-corrected chi connectivity index (χ1v) is 6.66. The first-order chi connectivity index (χ1) is 6.86. The Hall–Kier alpha value is -0.590. The van der Waals surface area contributed by atoms with Gasteiger partial charge in [0.25, 0.3) is 0 Å². The van der Waals surface area contributed by atoms with Crippen LogP contribution in [0.5, 0.6) is 5.75 Å². The second-order valence-electron chi connectivity index (χ2n) is 3.03. The molecule has 0 heterocycles.